The normalized spacial score (nSPS) is 11.3. The summed E-state index contributed by atoms with van der Waals surface area (Å²) in [6.45, 7) is 7.16. The van der Waals surface area contributed by atoms with E-state index < -0.39 is 11.4 Å². The second-order valence-corrected chi connectivity index (χ2v) is 5.24. The maximum atomic E-state index is 11.9. The van der Waals surface area contributed by atoms with Gasteiger partial charge in [-0.3, -0.25) is 4.79 Å². The Balaban J connectivity index is 2.97. The summed E-state index contributed by atoms with van der Waals surface area (Å²) in [5.41, 5.74) is -0.0180. The van der Waals surface area contributed by atoms with E-state index in [0.717, 1.165) is 11.5 Å². The van der Waals surface area contributed by atoms with E-state index in [1.54, 1.807) is 6.92 Å². The smallest absolute Gasteiger partial charge is 0.340 e. The lowest BCUT2D eigenvalue weighted by Gasteiger charge is -2.20. The molecule has 1 rings (SSSR count). The molecule has 1 aromatic heterocycles. The van der Waals surface area contributed by atoms with Crippen LogP contribution in [0, 0.1) is 12.3 Å². The molecule has 94 valence electrons. The molecule has 17 heavy (non-hydrogen) atoms. The van der Waals surface area contributed by atoms with Crippen LogP contribution in [0.5, 0.6) is 0 Å². The van der Waals surface area contributed by atoms with Crippen molar-refractivity contribution in [1.29, 1.82) is 0 Å². The molecule has 5 nitrogen and oxygen atoms in total. The first-order chi connectivity index (χ1) is 7.79. The molecule has 0 aliphatic carbocycles. The first kappa shape index (κ1) is 13.6. The Morgan fingerprint density at radius 3 is 2.53 bits per heavy atom. The molecule has 0 spiro atoms. The average molecular weight is 256 g/mol. The zero-order valence-corrected chi connectivity index (χ0v) is 11.1. The fourth-order valence-electron chi connectivity index (χ4n) is 1.14. The molecule has 0 fully saturated rings. The zero-order valence-electron chi connectivity index (χ0n) is 10.3. The van der Waals surface area contributed by atoms with E-state index in [9.17, 15) is 9.59 Å². The van der Waals surface area contributed by atoms with E-state index in [-0.39, 0.29) is 11.5 Å². The third-order valence-electron chi connectivity index (χ3n) is 2.80. The second kappa shape index (κ2) is 4.83. The number of nitrogens with one attached hydrogen (secondary N) is 1. The first-order valence-electron chi connectivity index (χ1n) is 5.30. The largest absolute Gasteiger partial charge is 0.478 e. The SMILES string of the molecule is CCC(C)(C)C(=O)Nc1snc(C)c1C(=O)O. The number of hydrogen-bond donors (Lipinski definition) is 2. The molecular formula is C11H16N2O3S. The number of aryl methyl sites for hydroxylation is 1. The van der Waals surface area contributed by atoms with Gasteiger partial charge in [-0.25, -0.2) is 4.79 Å². The highest BCUT2D eigenvalue weighted by atomic mass is 32.1. The Morgan fingerprint density at radius 1 is 1.47 bits per heavy atom. The van der Waals surface area contributed by atoms with Crippen molar-refractivity contribution < 1.29 is 14.7 Å². The van der Waals surface area contributed by atoms with E-state index in [4.69, 9.17) is 5.11 Å². The van der Waals surface area contributed by atoms with Crippen molar-refractivity contribution in [2.75, 3.05) is 5.32 Å². The number of anilines is 1. The molecule has 0 aliphatic heterocycles. The third kappa shape index (κ3) is 2.82. The maximum absolute atomic E-state index is 11.9. The van der Waals surface area contributed by atoms with Crippen molar-refractivity contribution in [3.63, 3.8) is 0 Å². The summed E-state index contributed by atoms with van der Waals surface area (Å²) >= 11 is 0.997. The van der Waals surface area contributed by atoms with Gasteiger partial charge in [-0.15, -0.1) is 0 Å². The first-order valence-corrected chi connectivity index (χ1v) is 6.08. The van der Waals surface area contributed by atoms with Crippen LogP contribution in [0.2, 0.25) is 0 Å². The van der Waals surface area contributed by atoms with E-state index in [1.165, 1.54) is 0 Å². The Morgan fingerprint density at radius 2 is 2.06 bits per heavy atom. The predicted octanol–water partition coefficient (Wildman–Crippen LogP) is 2.52. The Labute approximate surface area is 104 Å². The molecule has 0 atom stereocenters. The zero-order chi connectivity index (χ0) is 13.2. The van der Waals surface area contributed by atoms with E-state index >= 15 is 0 Å². The molecule has 0 unspecified atom stereocenters. The van der Waals surface area contributed by atoms with Crippen LogP contribution in [-0.2, 0) is 4.79 Å². The number of carboxylic acid groups (broad SMARTS) is 1. The molecule has 6 heteroatoms. The van der Waals surface area contributed by atoms with Gasteiger partial charge in [0.1, 0.15) is 10.6 Å². The molecule has 0 aliphatic rings. The maximum Gasteiger partial charge on any atom is 0.340 e. The number of carboxylic acids is 1. The van der Waals surface area contributed by atoms with E-state index in [2.05, 4.69) is 9.69 Å². The van der Waals surface area contributed by atoms with Gasteiger partial charge in [-0.05, 0) is 24.9 Å². The van der Waals surface area contributed by atoms with Crippen LogP contribution in [0.25, 0.3) is 0 Å². The molecule has 1 heterocycles. The van der Waals surface area contributed by atoms with Gasteiger partial charge in [0, 0.05) is 5.41 Å². The van der Waals surface area contributed by atoms with Crippen LogP contribution in [0.15, 0.2) is 0 Å². The molecular weight excluding hydrogens is 240 g/mol. The standard InChI is InChI=1S/C11H16N2O3S/c1-5-11(3,4)10(16)12-8-7(9(14)15)6(2)13-17-8/h5H2,1-4H3,(H,12,16)(H,14,15). The topological polar surface area (TPSA) is 79.3 Å². The summed E-state index contributed by atoms with van der Waals surface area (Å²) in [4.78, 5) is 22.9. The van der Waals surface area contributed by atoms with Gasteiger partial charge in [0.15, 0.2) is 0 Å². The Bertz CT molecular complexity index is 452. The van der Waals surface area contributed by atoms with Gasteiger partial charge < -0.3 is 10.4 Å². The van der Waals surface area contributed by atoms with Crippen molar-refractivity contribution in [3.05, 3.63) is 11.3 Å². The third-order valence-corrected chi connectivity index (χ3v) is 3.66. The van der Waals surface area contributed by atoms with Gasteiger partial charge in [0.05, 0.1) is 5.69 Å². The fourth-order valence-corrected chi connectivity index (χ4v) is 1.92. The van der Waals surface area contributed by atoms with Crippen molar-refractivity contribution in [1.82, 2.24) is 4.37 Å². The molecule has 2 N–H and O–H groups in total. The second-order valence-electron chi connectivity index (χ2n) is 4.47. The van der Waals surface area contributed by atoms with Crippen LogP contribution >= 0.6 is 11.5 Å². The van der Waals surface area contributed by atoms with Crippen LogP contribution in [0.4, 0.5) is 5.00 Å². The molecule has 1 aromatic rings. The lowest BCUT2D eigenvalue weighted by Crippen LogP contribution is -2.30. The quantitative estimate of drug-likeness (QED) is 0.867. The number of carbonyl (C=O) groups is 2. The van der Waals surface area contributed by atoms with Crippen LogP contribution in [-0.4, -0.2) is 21.4 Å². The van der Waals surface area contributed by atoms with Gasteiger partial charge >= 0.3 is 5.97 Å². The summed E-state index contributed by atoms with van der Waals surface area (Å²) in [6.07, 6.45) is 0.680. The minimum absolute atomic E-state index is 0.0789. The monoisotopic (exact) mass is 256 g/mol. The highest BCUT2D eigenvalue weighted by Crippen LogP contribution is 2.28. The summed E-state index contributed by atoms with van der Waals surface area (Å²) < 4.78 is 3.94. The summed E-state index contributed by atoms with van der Waals surface area (Å²) in [5.74, 6) is -1.26. The number of amides is 1. The van der Waals surface area contributed by atoms with Gasteiger partial charge in [0.2, 0.25) is 5.91 Å². The van der Waals surface area contributed by atoms with Gasteiger partial charge in [-0.1, -0.05) is 20.8 Å². The number of carbonyl (C=O) groups excluding carboxylic acids is 1. The molecule has 0 bridgehead atoms. The highest BCUT2D eigenvalue weighted by Gasteiger charge is 2.28. The van der Waals surface area contributed by atoms with Gasteiger partial charge in [0.25, 0.3) is 0 Å². The predicted molar refractivity (Wildman–Crippen MR) is 66.5 cm³/mol. The van der Waals surface area contributed by atoms with Crippen LogP contribution < -0.4 is 5.32 Å². The summed E-state index contributed by atoms with van der Waals surface area (Å²) in [5, 5.41) is 12.0. The fraction of sp³-hybridized carbons (Fsp3) is 0.545. The van der Waals surface area contributed by atoms with Crippen LogP contribution in [0.1, 0.15) is 43.2 Å². The molecule has 0 saturated carbocycles. The van der Waals surface area contributed by atoms with Crippen molar-refractivity contribution >= 4 is 28.4 Å². The molecule has 1 amide bonds. The Kier molecular flexibility index (Phi) is 3.87. The minimum Gasteiger partial charge on any atom is -0.478 e. The lowest BCUT2D eigenvalue weighted by atomic mass is 9.89. The summed E-state index contributed by atoms with van der Waals surface area (Å²) in [7, 11) is 0. The number of aromatic nitrogens is 1. The molecule has 0 radical (unpaired) electrons. The molecule has 0 aromatic carbocycles. The number of hydrogen-bond acceptors (Lipinski definition) is 4. The average Bonchev–Trinajstić information content (AvgIpc) is 2.59. The molecule has 0 saturated heterocycles. The van der Waals surface area contributed by atoms with Crippen molar-refractivity contribution in [3.8, 4) is 0 Å². The Hall–Kier alpha value is -1.43. The lowest BCUT2D eigenvalue weighted by molar-refractivity contribution is -0.124. The van der Waals surface area contributed by atoms with Crippen molar-refractivity contribution in [2.45, 2.75) is 34.1 Å². The number of nitrogens with zero attached hydrogens (tertiary/aromatic N) is 1. The minimum atomic E-state index is -1.07. The number of aromatic carboxylic acids is 1. The van der Waals surface area contributed by atoms with Crippen molar-refractivity contribution in [2.24, 2.45) is 5.41 Å². The highest BCUT2D eigenvalue weighted by molar-refractivity contribution is 7.11. The van der Waals surface area contributed by atoms with Crippen LogP contribution in [0.3, 0.4) is 0 Å². The number of rotatable bonds is 4. The van der Waals surface area contributed by atoms with E-state index in [1.807, 2.05) is 20.8 Å². The van der Waals surface area contributed by atoms with E-state index in [0.29, 0.717) is 17.1 Å². The summed E-state index contributed by atoms with van der Waals surface area (Å²) in [6, 6.07) is 0. The van der Waals surface area contributed by atoms with Gasteiger partial charge in [-0.2, -0.15) is 4.37 Å².